The topological polar surface area (TPSA) is 95.0 Å². The first-order valence-electron chi connectivity index (χ1n) is 8.24. The predicted molar refractivity (Wildman–Crippen MR) is 106 cm³/mol. The number of rotatable bonds is 7. The summed E-state index contributed by atoms with van der Waals surface area (Å²) in [4.78, 5) is 41.2. The summed E-state index contributed by atoms with van der Waals surface area (Å²) in [5, 5.41) is 3.75. The number of fused-ring (bicyclic) bond motifs is 3. The predicted octanol–water partition coefficient (Wildman–Crippen LogP) is 2.37. The van der Waals surface area contributed by atoms with Crippen molar-refractivity contribution in [2.75, 3.05) is 33.9 Å². The van der Waals surface area contributed by atoms with Gasteiger partial charge in [0.2, 0.25) is 0 Å². The summed E-state index contributed by atoms with van der Waals surface area (Å²) in [6.45, 7) is 0.872. The van der Waals surface area contributed by atoms with Crippen molar-refractivity contribution in [3.8, 4) is 5.75 Å². The molecule has 3 aromatic rings. The molecule has 0 bridgehead atoms. The Morgan fingerprint density at radius 2 is 1.82 bits per heavy atom. The summed E-state index contributed by atoms with van der Waals surface area (Å²) in [5.74, 6) is -1.25. The van der Waals surface area contributed by atoms with Crippen molar-refractivity contribution >= 4 is 60.8 Å². The van der Waals surface area contributed by atoms with Gasteiger partial charge in [0.15, 0.2) is 6.61 Å². The summed E-state index contributed by atoms with van der Waals surface area (Å²) in [5.41, 5.74) is 0.921. The van der Waals surface area contributed by atoms with E-state index in [1.807, 2.05) is 24.4 Å². The number of amides is 1. The molecule has 0 aliphatic heterocycles. The number of esters is 2. The van der Waals surface area contributed by atoms with Crippen molar-refractivity contribution in [3.63, 3.8) is 0 Å². The Kier molecular flexibility index (Phi) is 6.10. The molecule has 0 aliphatic rings. The second kappa shape index (κ2) is 8.53. The van der Waals surface area contributed by atoms with Gasteiger partial charge in [0, 0.05) is 11.5 Å². The fourth-order valence-electron chi connectivity index (χ4n) is 2.61. The maximum absolute atomic E-state index is 12.5. The monoisotopic (exact) mass is 422 g/mol. The number of thiazole rings is 1. The molecule has 0 atom stereocenters. The Hall–Kier alpha value is -2.72. The van der Waals surface area contributed by atoms with Gasteiger partial charge in [-0.05, 0) is 18.4 Å². The highest BCUT2D eigenvalue weighted by atomic mass is 32.1. The Labute approximate surface area is 168 Å². The van der Waals surface area contributed by atoms with Crippen molar-refractivity contribution < 1.29 is 28.6 Å². The molecule has 0 saturated heterocycles. The zero-order chi connectivity index (χ0) is 20.3. The third-order valence-corrected chi connectivity index (χ3v) is 5.81. The van der Waals surface area contributed by atoms with Gasteiger partial charge in [0.1, 0.15) is 18.8 Å². The van der Waals surface area contributed by atoms with E-state index in [2.05, 4.69) is 14.5 Å². The lowest BCUT2D eigenvalue weighted by Gasteiger charge is -2.20. The molecule has 148 valence electrons. The molecular formula is C18H18N2O6S2. The van der Waals surface area contributed by atoms with Crippen molar-refractivity contribution in [1.29, 1.82) is 0 Å². The van der Waals surface area contributed by atoms with Gasteiger partial charge in [-0.2, -0.15) is 0 Å². The van der Waals surface area contributed by atoms with Crippen LogP contribution < -0.4 is 4.74 Å². The SMILES string of the molecule is COC(=O)CN(CC(=O)OC)C(=O)COc1cc2sc(C)nc2c2sccc12. The summed E-state index contributed by atoms with van der Waals surface area (Å²) in [6, 6.07) is 3.77. The highest BCUT2D eigenvalue weighted by Gasteiger charge is 2.22. The first kappa shape index (κ1) is 20.0. The second-order valence-electron chi connectivity index (χ2n) is 5.81. The highest BCUT2D eigenvalue weighted by Crippen LogP contribution is 2.38. The molecule has 0 aliphatic carbocycles. The van der Waals surface area contributed by atoms with Crippen LogP contribution in [0.4, 0.5) is 0 Å². The van der Waals surface area contributed by atoms with Crippen molar-refractivity contribution in [1.82, 2.24) is 9.88 Å². The molecule has 2 aromatic heterocycles. The fourth-order valence-corrected chi connectivity index (χ4v) is 4.44. The molecule has 0 spiro atoms. The fraction of sp³-hybridized carbons (Fsp3) is 0.333. The van der Waals surface area contributed by atoms with E-state index in [-0.39, 0.29) is 19.7 Å². The van der Waals surface area contributed by atoms with Crippen LogP contribution in [-0.4, -0.2) is 61.6 Å². The van der Waals surface area contributed by atoms with Crippen LogP contribution in [0.25, 0.3) is 20.3 Å². The molecule has 3 rings (SSSR count). The normalized spacial score (nSPS) is 10.8. The minimum absolute atomic E-state index is 0.331. The van der Waals surface area contributed by atoms with E-state index in [0.29, 0.717) is 5.75 Å². The number of benzene rings is 1. The Bertz CT molecular complexity index is 1020. The van der Waals surface area contributed by atoms with Crippen LogP contribution in [-0.2, 0) is 23.9 Å². The number of aromatic nitrogens is 1. The number of nitrogens with zero attached hydrogens (tertiary/aromatic N) is 2. The standard InChI is InChI=1S/C18H18N2O6S2/c1-10-19-17-13(28-10)6-12(11-4-5-27-18(11)17)26-9-14(21)20(7-15(22)24-2)8-16(23)25-3/h4-6H,7-9H2,1-3H3. The quantitative estimate of drug-likeness (QED) is 0.540. The zero-order valence-corrected chi connectivity index (χ0v) is 17.1. The Morgan fingerprint density at radius 3 is 2.46 bits per heavy atom. The Balaban J connectivity index is 1.80. The van der Waals surface area contributed by atoms with Crippen LogP contribution in [0.1, 0.15) is 5.01 Å². The minimum atomic E-state index is -0.640. The lowest BCUT2D eigenvalue weighted by atomic mass is 10.2. The van der Waals surface area contributed by atoms with E-state index in [9.17, 15) is 14.4 Å². The van der Waals surface area contributed by atoms with Gasteiger partial charge in [-0.15, -0.1) is 22.7 Å². The molecular weight excluding hydrogens is 404 g/mol. The zero-order valence-electron chi connectivity index (χ0n) is 15.5. The summed E-state index contributed by atoms with van der Waals surface area (Å²) >= 11 is 3.10. The molecule has 28 heavy (non-hydrogen) atoms. The molecule has 0 fully saturated rings. The maximum atomic E-state index is 12.5. The van der Waals surface area contributed by atoms with Crippen LogP contribution in [0.5, 0.6) is 5.75 Å². The van der Waals surface area contributed by atoms with E-state index >= 15 is 0 Å². The molecule has 0 N–H and O–H groups in total. The third kappa shape index (κ3) is 4.23. The Morgan fingerprint density at radius 1 is 1.14 bits per heavy atom. The van der Waals surface area contributed by atoms with Crippen LogP contribution in [0.2, 0.25) is 0 Å². The summed E-state index contributed by atoms with van der Waals surface area (Å²) in [7, 11) is 2.42. The average molecular weight is 422 g/mol. The molecule has 0 saturated carbocycles. The smallest absolute Gasteiger partial charge is 0.325 e. The first-order chi connectivity index (χ1) is 13.4. The van der Waals surface area contributed by atoms with E-state index in [4.69, 9.17) is 4.74 Å². The minimum Gasteiger partial charge on any atom is -0.483 e. The first-order valence-corrected chi connectivity index (χ1v) is 9.94. The van der Waals surface area contributed by atoms with Crippen molar-refractivity contribution in [3.05, 3.63) is 22.5 Å². The van der Waals surface area contributed by atoms with Gasteiger partial charge in [-0.3, -0.25) is 14.4 Å². The van der Waals surface area contributed by atoms with Gasteiger partial charge >= 0.3 is 11.9 Å². The number of hydrogen-bond acceptors (Lipinski definition) is 9. The summed E-state index contributed by atoms with van der Waals surface area (Å²) < 4.78 is 16.9. The van der Waals surface area contributed by atoms with Gasteiger partial charge in [-0.1, -0.05) is 0 Å². The molecule has 0 unspecified atom stereocenters. The van der Waals surface area contributed by atoms with E-state index in [1.165, 1.54) is 14.2 Å². The van der Waals surface area contributed by atoms with E-state index in [0.717, 1.165) is 30.2 Å². The van der Waals surface area contributed by atoms with Crippen LogP contribution in [0.3, 0.4) is 0 Å². The van der Waals surface area contributed by atoms with Gasteiger partial charge in [-0.25, -0.2) is 4.98 Å². The van der Waals surface area contributed by atoms with Crippen LogP contribution >= 0.6 is 22.7 Å². The van der Waals surface area contributed by atoms with Crippen molar-refractivity contribution in [2.24, 2.45) is 0 Å². The maximum Gasteiger partial charge on any atom is 0.325 e. The van der Waals surface area contributed by atoms with E-state index < -0.39 is 17.8 Å². The second-order valence-corrected chi connectivity index (χ2v) is 7.96. The lowest BCUT2D eigenvalue weighted by Crippen LogP contribution is -2.42. The summed E-state index contributed by atoms with van der Waals surface area (Å²) in [6.07, 6.45) is 0. The number of hydrogen-bond donors (Lipinski definition) is 0. The molecule has 2 heterocycles. The number of ether oxygens (including phenoxy) is 3. The van der Waals surface area contributed by atoms with Gasteiger partial charge < -0.3 is 19.1 Å². The average Bonchev–Trinajstić information content (AvgIpc) is 3.30. The van der Waals surface area contributed by atoms with E-state index in [1.54, 1.807) is 22.7 Å². The number of thiophene rings is 1. The largest absolute Gasteiger partial charge is 0.483 e. The highest BCUT2D eigenvalue weighted by molar-refractivity contribution is 7.21. The lowest BCUT2D eigenvalue weighted by molar-refractivity contribution is -0.152. The number of aryl methyl sites for hydroxylation is 1. The van der Waals surface area contributed by atoms with Crippen LogP contribution in [0.15, 0.2) is 17.5 Å². The van der Waals surface area contributed by atoms with Crippen LogP contribution in [0, 0.1) is 6.92 Å². The third-order valence-electron chi connectivity index (χ3n) is 3.97. The molecule has 1 amide bonds. The van der Waals surface area contributed by atoms with Crippen molar-refractivity contribution in [2.45, 2.75) is 6.92 Å². The van der Waals surface area contributed by atoms with Gasteiger partial charge in [0.05, 0.1) is 34.1 Å². The molecule has 0 radical (unpaired) electrons. The molecule has 1 aromatic carbocycles. The number of methoxy groups -OCH3 is 2. The molecule has 10 heteroatoms. The number of carbonyl (C=O) groups is 3. The number of carbonyl (C=O) groups excluding carboxylic acids is 3. The molecule has 8 nitrogen and oxygen atoms in total. The van der Waals surface area contributed by atoms with Gasteiger partial charge in [0.25, 0.3) is 5.91 Å².